The van der Waals surface area contributed by atoms with Gasteiger partial charge in [0.15, 0.2) is 0 Å². The number of halogens is 1. The van der Waals surface area contributed by atoms with Gasteiger partial charge in [0, 0.05) is 7.11 Å². The summed E-state index contributed by atoms with van der Waals surface area (Å²) in [5.74, 6) is 2.02. The predicted molar refractivity (Wildman–Crippen MR) is 81.7 cm³/mol. The van der Waals surface area contributed by atoms with Gasteiger partial charge in [0.2, 0.25) is 0 Å². The fourth-order valence-corrected chi connectivity index (χ4v) is 2.81. The molecule has 0 bridgehead atoms. The molecule has 1 atom stereocenters. The smallest absolute Gasteiger partial charge is 0.146 e. The maximum absolute atomic E-state index is 6.08. The maximum Gasteiger partial charge on any atom is 0.146 e. The zero-order chi connectivity index (χ0) is 14.5. The first kappa shape index (κ1) is 15.1. The molecule has 0 aliphatic heterocycles. The molecule has 0 saturated carbocycles. The third kappa shape index (κ3) is 2.76. The molecule has 1 aromatic heterocycles. The van der Waals surface area contributed by atoms with Crippen LogP contribution in [0.15, 0.2) is 18.2 Å². The molecule has 1 heterocycles. The Morgan fingerprint density at radius 3 is 2.75 bits per heavy atom. The van der Waals surface area contributed by atoms with E-state index < -0.39 is 0 Å². The highest BCUT2D eigenvalue weighted by atomic mass is 35.5. The third-order valence-electron chi connectivity index (χ3n) is 3.44. The van der Waals surface area contributed by atoms with Crippen molar-refractivity contribution in [3.63, 3.8) is 0 Å². The average Bonchev–Trinajstić information content (AvgIpc) is 2.85. The van der Waals surface area contributed by atoms with Crippen molar-refractivity contribution in [1.29, 1.82) is 0 Å². The summed E-state index contributed by atoms with van der Waals surface area (Å²) in [4.78, 5) is 4.64. The molecule has 2 aromatic rings. The fourth-order valence-electron chi connectivity index (χ4n) is 2.62. The molecular weight excluding hydrogens is 276 g/mol. The molecule has 0 fully saturated rings. The van der Waals surface area contributed by atoms with Gasteiger partial charge >= 0.3 is 0 Å². The Labute approximate surface area is 124 Å². The Balaban J connectivity index is 2.59. The van der Waals surface area contributed by atoms with Gasteiger partial charge in [0.25, 0.3) is 0 Å². The van der Waals surface area contributed by atoms with E-state index in [9.17, 15) is 0 Å². The van der Waals surface area contributed by atoms with Gasteiger partial charge in [0.05, 0.1) is 31.2 Å². The minimum Gasteiger partial charge on any atom is -0.494 e. The molecule has 1 unspecified atom stereocenters. The summed E-state index contributed by atoms with van der Waals surface area (Å²) >= 11 is 6.08. The average molecular weight is 297 g/mol. The van der Waals surface area contributed by atoms with Gasteiger partial charge in [0.1, 0.15) is 17.1 Å². The summed E-state index contributed by atoms with van der Waals surface area (Å²) in [7, 11) is 3.38. The molecule has 1 aromatic carbocycles. The number of benzene rings is 1. The van der Waals surface area contributed by atoms with Crippen LogP contribution in [0.3, 0.4) is 0 Å². The van der Waals surface area contributed by atoms with E-state index in [4.69, 9.17) is 21.1 Å². The summed E-state index contributed by atoms with van der Waals surface area (Å²) in [5.41, 5.74) is 1.92. The van der Waals surface area contributed by atoms with Crippen LogP contribution in [-0.2, 0) is 10.6 Å². The van der Waals surface area contributed by atoms with Crippen molar-refractivity contribution in [3.8, 4) is 5.75 Å². The number of ether oxygens (including phenoxy) is 2. The van der Waals surface area contributed by atoms with E-state index in [0.29, 0.717) is 12.5 Å². The van der Waals surface area contributed by atoms with E-state index in [-0.39, 0.29) is 6.04 Å². The summed E-state index contributed by atoms with van der Waals surface area (Å²) in [6.07, 6.45) is 2.11. The monoisotopic (exact) mass is 296 g/mol. The second kappa shape index (κ2) is 6.95. The third-order valence-corrected chi connectivity index (χ3v) is 3.68. The van der Waals surface area contributed by atoms with Crippen molar-refractivity contribution < 1.29 is 9.47 Å². The van der Waals surface area contributed by atoms with Crippen LogP contribution in [0.5, 0.6) is 5.75 Å². The number of imidazole rings is 1. The van der Waals surface area contributed by atoms with E-state index in [1.165, 1.54) is 0 Å². The number of hydrogen-bond acceptors (Lipinski definition) is 3. The van der Waals surface area contributed by atoms with Crippen molar-refractivity contribution in [2.24, 2.45) is 0 Å². The number of methoxy groups -OCH3 is 2. The minimum absolute atomic E-state index is 0.246. The molecule has 4 nitrogen and oxygen atoms in total. The number of fused-ring (bicyclic) bond motifs is 1. The van der Waals surface area contributed by atoms with Crippen LogP contribution in [0.25, 0.3) is 11.0 Å². The number of alkyl halides is 1. The Kier molecular flexibility index (Phi) is 5.26. The van der Waals surface area contributed by atoms with Crippen molar-refractivity contribution in [2.45, 2.75) is 31.7 Å². The lowest BCUT2D eigenvalue weighted by Crippen LogP contribution is -2.16. The standard InChI is InChI=1S/C15H21ClN2O2/c1-4-6-11(10-19-2)18-12-7-5-8-13(20-3)15(12)17-14(18)9-16/h5,7-8,11H,4,6,9-10H2,1-3H3. The van der Waals surface area contributed by atoms with Gasteiger partial charge in [-0.3, -0.25) is 0 Å². The molecule has 2 rings (SSSR count). The number of nitrogens with zero attached hydrogens (tertiary/aromatic N) is 2. The largest absolute Gasteiger partial charge is 0.494 e. The number of para-hydroxylation sites is 1. The highest BCUT2D eigenvalue weighted by Crippen LogP contribution is 2.30. The summed E-state index contributed by atoms with van der Waals surface area (Å²) < 4.78 is 12.9. The highest BCUT2D eigenvalue weighted by Gasteiger charge is 2.19. The van der Waals surface area contributed by atoms with Gasteiger partial charge in [-0.05, 0) is 18.6 Å². The quantitative estimate of drug-likeness (QED) is 0.730. The van der Waals surface area contributed by atoms with Crippen molar-refractivity contribution in [3.05, 3.63) is 24.0 Å². The van der Waals surface area contributed by atoms with Crippen LogP contribution in [0.4, 0.5) is 0 Å². The number of aromatic nitrogens is 2. The fraction of sp³-hybridized carbons (Fsp3) is 0.533. The molecule has 0 aliphatic carbocycles. The normalized spacial score (nSPS) is 12.8. The van der Waals surface area contributed by atoms with Crippen LogP contribution >= 0.6 is 11.6 Å². The van der Waals surface area contributed by atoms with Crippen LogP contribution < -0.4 is 4.74 Å². The Morgan fingerprint density at radius 2 is 2.15 bits per heavy atom. The van der Waals surface area contributed by atoms with Crippen molar-refractivity contribution in [1.82, 2.24) is 9.55 Å². The van der Waals surface area contributed by atoms with Crippen molar-refractivity contribution in [2.75, 3.05) is 20.8 Å². The molecule has 0 N–H and O–H groups in total. The molecule has 0 radical (unpaired) electrons. The number of rotatable bonds is 7. The molecule has 0 amide bonds. The van der Waals surface area contributed by atoms with Gasteiger partial charge < -0.3 is 14.0 Å². The highest BCUT2D eigenvalue weighted by molar-refractivity contribution is 6.16. The number of hydrogen-bond donors (Lipinski definition) is 0. The second-order valence-electron chi connectivity index (χ2n) is 4.76. The SMILES string of the molecule is CCCC(COC)n1c(CCl)nc2c(OC)cccc21. The topological polar surface area (TPSA) is 36.3 Å². The predicted octanol–water partition coefficient (Wildman–Crippen LogP) is 3.77. The molecule has 5 heteroatoms. The minimum atomic E-state index is 0.246. The second-order valence-corrected chi connectivity index (χ2v) is 5.02. The first-order valence-corrected chi connectivity index (χ1v) is 7.38. The lowest BCUT2D eigenvalue weighted by molar-refractivity contribution is 0.151. The van der Waals surface area contributed by atoms with Gasteiger partial charge in [-0.15, -0.1) is 11.6 Å². The summed E-state index contributed by atoms with van der Waals surface area (Å²) in [6.45, 7) is 2.82. The van der Waals surface area contributed by atoms with Crippen LogP contribution in [0, 0.1) is 0 Å². The molecule has 0 spiro atoms. The van der Waals surface area contributed by atoms with E-state index in [1.54, 1.807) is 14.2 Å². The zero-order valence-corrected chi connectivity index (χ0v) is 13.0. The first-order valence-electron chi connectivity index (χ1n) is 6.85. The van der Waals surface area contributed by atoms with Gasteiger partial charge in [-0.1, -0.05) is 19.4 Å². The Morgan fingerprint density at radius 1 is 1.35 bits per heavy atom. The summed E-state index contributed by atoms with van der Waals surface area (Å²) in [5, 5.41) is 0. The van der Waals surface area contributed by atoms with E-state index in [1.807, 2.05) is 12.1 Å². The van der Waals surface area contributed by atoms with E-state index >= 15 is 0 Å². The van der Waals surface area contributed by atoms with Crippen molar-refractivity contribution >= 4 is 22.6 Å². The van der Waals surface area contributed by atoms with E-state index in [2.05, 4.69) is 22.5 Å². The lowest BCUT2D eigenvalue weighted by Gasteiger charge is -2.20. The van der Waals surface area contributed by atoms with Gasteiger partial charge in [-0.25, -0.2) is 4.98 Å². The molecular formula is C15H21ClN2O2. The van der Waals surface area contributed by atoms with Gasteiger partial charge in [-0.2, -0.15) is 0 Å². The lowest BCUT2D eigenvalue weighted by atomic mass is 10.1. The Bertz CT molecular complexity index is 562. The summed E-state index contributed by atoms with van der Waals surface area (Å²) in [6, 6.07) is 6.20. The van der Waals surface area contributed by atoms with Crippen LogP contribution in [0.2, 0.25) is 0 Å². The zero-order valence-electron chi connectivity index (χ0n) is 12.2. The Hall–Kier alpha value is -1.26. The molecule has 110 valence electrons. The molecule has 20 heavy (non-hydrogen) atoms. The van der Waals surface area contributed by atoms with Crippen LogP contribution in [-0.4, -0.2) is 30.4 Å². The van der Waals surface area contributed by atoms with E-state index in [0.717, 1.165) is 35.4 Å². The maximum atomic E-state index is 6.08. The molecule has 0 saturated heterocycles. The first-order chi connectivity index (χ1) is 9.76. The van der Waals surface area contributed by atoms with Crippen LogP contribution in [0.1, 0.15) is 31.6 Å². The molecule has 0 aliphatic rings.